The predicted octanol–water partition coefficient (Wildman–Crippen LogP) is 6.38. The molecule has 3 N–H and O–H groups in total. The number of carbonyl (C=O) groups excluding carboxylic acids is 2. The first-order valence-electron chi connectivity index (χ1n) is 11.8. The number of dihydropyridines is 1. The minimum absolute atomic E-state index is 0.121. The van der Waals surface area contributed by atoms with Crippen LogP contribution in [0.3, 0.4) is 0 Å². The highest BCUT2D eigenvalue weighted by Gasteiger charge is 2.35. The van der Waals surface area contributed by atoms with Gasteiger partial charge in [0.15, 0.2) is 0 Å². The number of anilines is 2. The molecule has 0 fully saturated rings. The number of hydrogen-bond donors (Lipinski definition) is 3. The van der Waals surface area contributed by atoms with Gasteiger partial charge in [-0.05, 0) is 74.0 Å². The Labute approximate surface area is 225 Å². The zero-order valence-electron chi connectivity index (χ0n) is 21.1. The number of rotatable bonds is 7. The molecule has 2 heterocycles. The number of nitrogens with zero attached hydrogens (tertiary/aromatic N) is 1. The molecule has 3 aromatic rings. The van der Waals surface area contributed by atoms with Crippen molar-refractivity contribution in [3.05, 3.63) is 103 Å². The third-order valence-electron chi connectivity index (χ3n) is 6.25. The van der Waals surface area contributed by atoms with Crippen molar-refractivity contribution in [2.45, 2.75) is 33.6 Å². The summed E-state index contributed by atoms with van der Waals surface area (Å²) in [5.74, 6) is -0.838. The lowest BCUT2D eigenvalue weighted by molar-refractivity contribution is -0.114. The van der Waals surface area contributed by atoms with E-state index in [2.05, 4.69) is 22.0 Å². The maximum Gasteiger partial charge on any atom is 0.254 e. The van der Waals surface area contributed by atoms with Crippen LogP contribution in [-0.2, 0) is 9.59 Å². The Balaban J connectivity index is 1.58. The average molecular weight is 529 g/mol. The van der Waals surface area contributed by atoms with Gasteiger partial charge in [0.25, 0.3) is 5.91 Å². The number of amides is 2. The molecule has 1 atom stereocenters. The van der Waals surface area contributed by atoms with Crippen LogP contribution in [0.15, 0.2) is 81.8 Å². The Bertz CT molecular complexity index is 1450. The zero-order chi connectivity index (χ0) is 26.5. The van der Waals surface area contributed by atoms with E-state index in [0.717, 1.165) is 32.9 Å². The molecule has 0 radical (unpaired) electrons. The summed E-state index contributed by atoms with van der Waals surface area (Å²) < 4.78 is 0. The van der Waals surface area contributed by atoms with Crippen LogP contribution in [0, 0.1) is 32.1 Å². The van der Waals surface area contributed by atoms with E-state index in [1.54, 1.807) is 0 Å². The zero-order valence-corrected chi connectivity index (χ0v) is 22.8. The number of benzene rings is 2. The molecule has 0 spiro atoms. The highest BCUT2D eigenvalue weighted by molar-refractivity contribution is 8.03. The lowest BCUT2D eigenvalue weighted by atomic mass is 9.86. The van der Waals surface area contributed by atoms with E-state index in [0.29, 0.717) is 21.9 Å². The molecule has 1 aliphatic rings. The molecule has 4 rings (SSSR count). The van der Waals surface area contributed by atoms with Crippen LogP contribution >= 0.6 is 23.1 Å². The van der Waals surface area contributed by atoms with Gasteiger partial charge in [-0.25, -0.2) is 0 Å². The molecular formula is C29H28N4O2S2. The van der Waals surface area contributed by atoms with Crippen LogP contribution in [0.2, 0.25) is 0 Å². The Kier molecular flexibility index (Phi) is 8.17. The van der Waals surface area contributed by atoms with Gasteiger partial charge in [-0.15, -0.1) is 11.3 Å². The van der Waals surface area contributed by atoms with Crippen molar-refractivity contribution in [3.63, 3.8) is 0 Å². The maximum atomic E-state index is 13.5. The first-order chi connectivity index (χ1) is 17.8. The fourth-order valence-electron chi connectivity index (χ4n) is 4.12. The predicted molar refractivity (Wildman–Crippen MR) is 152 cm³/mol. The van der Waals surface area contributed by atoms with E-state index in [4.69, 9.17) is 0 Å². The summed E-state index contributed by atoms with van der Waals surface area (Å²) in [6, 6.07) is 19.5. The van der Waals surface area contributed by atoms with Crippen molar-refractivity contribution >= 4 is 46.3 Å². The van der Waals surface area contributed by atoms with E-state index < -0.39 is 5.92 Å². The van der Waals surface area contributed by atoms with Gasteiger partial charge in [0.05, 0.1) is 28.3 Å². The summed E-state index contributed by atoms with van der Waals surface area (Å²) in [6.45, 7) is 7.79. The Morgan fingerprint density at radius 1 is 1.00 bits per heavy atom. The number of para-hydroxylation sites is 1. The maximum absolute atomic E-state index is 13.5. The summed E-state index contributed by atoms with van der Waals surface area (Å²) in [4.78, 5) is 27.1. The van der Waals surface area contributed by atoms with Gasteiger partial charge in [-0.2, -0.15) is 5.26 Å². The average Bonchev–Trinajstić information content (AvgIpc) is 3.40. The molecule has 0 aliphatic carbocycles. The summed E-state index contributed by atoms with van der Waals surface area (Å²) in [7, 11) is 0. The number of nitrogens with one attached hydrogen (secondary N) is 3. The van der Waals surface area contributed by atoms with Gasteiger partial charge in [0, 0.05) is 27.5 Å². The number of aryl methyl sites for hydroxylation is 3. The van der Waals surface area contributed by atoms with Crippen LogP contribution in [0.25, 0.3) is 0 Å². The molecule has 37 heavy (non-hydrogen) atoms. The van der Waals surface area contributed by atoms with Gasteiger partial charge in [0.2, 0.25) is 5.91 Å². The molecule has 0 unspecified atom stereocenters. The number of carbonyl (C=O) groups is 2. The second-order valence-corrected chi connectivity index (χ2v) is 10.8. The normalized spacial score (nSPS) is 15.2. The fraction of sp³-hybridized carbons (Fsp3) is 0.207. The van der Waals surface area contributed by atoms with Gasteiger partial charge in [-0.1, -0.05) is 42.1 Å². The molecule has 0 bridgehead atoms. The smallest absolute Gasteiger partial charge is 0.254 e. The van der Waals surface area contributed by atoms with Crippen LogP contribution in [0.1, 0.15) is 34.4 Å². The topological polar surface area (TPSA) is 94.0 Å². The van der Waals surface area contributed by atoms with E-state index in [1.165, 1.54) is 23.1 Å². The van der Waals surface area contributed by atoms with Crippen LogP contribution in [-0.4, -0.2) is 17.6 Å². The SMILES string of the molecule is CC1=C(C(=O)Nc2ccccc2C)[C@@H](c2cccs2)C(C#N)=C(SCC(=O)Nc2ccc(C)c(C)c2)N1. The Morgan fingerprint density at radius 2 is 1.78 bits per heavy atom. The largest absolute Gasteiger partial charge is 0.353 e. The number of allylic oxidation sites excluding steroid dienone is 2. The van der Waals surface area contributed by atoms with E-state index in [9.17, 15) is 14.9 Å². The second-order valence-electron chi connectivity index (χ2n) is 8.87. The molecule has 2 aromatic carbocycles. The highest BCUT2D eigenvalue weighted by atomic mass is 32.2. The first kappa shape index (κ1) is 26.3. The lowest BCUT2D eigenvalue weighted by Crippen LogP contribution is -2.31. The van der Waals surface area contributed by atoms with Gasteiger partial charge >= 0.3 is 0 Å². The Morgan fingerprint density at radius 3 is 2.46 bits per heavy atom. The van der Waals surface area contributed by atoms with E-state index in [1.807, 2.05) is 87.7 Å². The molecule has 1 aromatic heterocycles. The third-order valence-corrected chi connectivity index (χ3v) is 8.21. The van der Waals surface area contributed by atoms with Crippen molar-refractivity contribution < 1.29 is 9.59 Å². The standard InChI is InChI=1S/C29H28N4O2S2/c1-17-11-12-21(14-19(17)3)32-25(34)16-37-29-22(15-30)27(24-10-7-13-36-24)26(20(4)31-29)28(35)33-23-9-6-5-8-18(23)2/h5-14,27,31H,16H2,1-4H3,(H,32,34)(H,33,35)/t27-/m1/s1. The highest BCUT2D eigenvalue weighted by Crippen LogP contribution is 2.42. The molecule has 1 aliphatic heterocycles. The summed E-state index contributed by atoms with van der Waals surface area (Å²) in [5.41, 5.74) is 6.24. The summed E-state index contributed by atoms with van der Waals surface area (Å²) >= 11 is 2.76. The van der Waals surface area contributed by atoms with Crippen molar-refractivity contribution in [3.8, 4) is 6.07 Å². The Hall–Kier alpha value is -3.80. The number of nitriles is 1. The quantitative estimate of drug-likeness (QED) is 0.331. The lowest BCUT2D eigenvalue weighted by Gasteiger charge is -2.29. The van der Waals surface area contributed by atoms with Gasteiger partial charge in [-0.3, -0.25) is 9.59 Å². The van der Waals surface area contributed by atoms with Crippen molar-refractivity contribution in [1.29, 1.82) is 5.26 Å². The van der Waals surface area contributed by atoms with Crippen molar-refractivity contribution in [2.24, 2.45) is 0 Å². The third kappa shape index (κ3) is 5.96. The number of hydrogen-bond acceptors (Lipinski definition) is 6. The minimum Gasteiger partial charge on any atom is -0.353 e. The fourth-order valence-corrected chi connectivity index (χ4v) is 5.86. The summed E-state index contributed by atoms with van der Waals surface area (Å²) in [5, 5.41) is 21.9. The van der Waals surface area contributed by atoms with E-state index >= 15 is 0 Å². The monoisotopic (exact) mass is 528 g/mol. The number of thioether (sulfide) groups is 1. The van der Waals surface area contributed by atoms with Gasteiger partial charge in [0.1, 0.15) is 0 Å². The van der Waals surface area contributed by atoms with Crippen molar-refractivity contribution in [2.75, 3.05) is 16.4 Å². The first-order valence-corrected chi connectivity index (χ1v) is 13.7. The van der Waals surface area contributed by atoms with Crippen LogP contribution in [0.4, 0.5) is 11.4 Å². The molecule has 0 saturated heterocycles. The molecule has 188 valence electrons. The molecule has 6 nitrogen and oxygen atoms in total. The summed E-state index contributed by atoms with van der Waals surface area (Å²) in [6.07, 6.45) is 0. The minimum atomic E-state index is -0.527. The number of thiophene rings is 1. The molecule has 2 amide bonds. The molecular weight excluding hydrogens is 500 g/mol. The van der Waals surface area contributed by atoms with Crippen LogP contribution < -0.4 is 16.0 Å². The molecule has 0 saturated carbocycles. The van der Waals surface area contributed by atoms with Crippen LogP contribution in [0.5, 0.6) is 0 Å². The van der Waals surface area contributed by atoms with E-state index in [-0.39, 0.29) is 17.6 Å². The van der Waals surface area contributed by atoms with Gasteiger partial charge < -0.3 is 16.0 Å². The molecule has 8 heteroatoms. The van der Waals surface area contributed by atoms with Crippen molar-refractivity contribution in [1.82, 2.24) is 5.32 Å². The second kappa shape index (κ2) is 11.5.